The maximum absolute atomic E-state index is 3.86. The van der Waals surface area contributed by atoms with Gasteiger partial charge in [-0.2, -0.15) is 29.8 Å². The first-order valence-corrected chi connectivity index (χ1v) is 18.3. The summed E-state index contributed by atoms with van der Waals surface area (Å²) in [6, 6.07) is 35.4. The predicted octanol–water partition coefficient (Wildman–Crippen LogP) is 7.79. The van der Waals surface area contributed by atoms with E-state index in [-0.39, 0.29) is 39.4 Å². The minimum absolute atomic E-state index is 0. The van der Waals surface area contributed by atoms with Gasteiger partial charge < -0.3 is 0 Å². The Balaban J connectivity index is 0.000000438. The number of pyridine rings is 1. The fourth-order valence-corrected chi connectivity index (χ4v) is 8.40. The van der Waals surface area contributed by atoms with E-state index < -0.39 is 5.66 Å². The van der Waals surface area contributed by atoms with E-state index in [0.717, 1.165) is 19.3 Å². The van der Waals surface area contributed by atoms with Crippen molar-refractivity contribution in [2.75, 3.05) is 0 Å². The third-order valence-electron chi connectivity index (χ3n) is 9.57. The molecule has 2 nitrogen and oxygen atoms in total. The molecule has 1 unspecified atom stereocenters. The van der Waals surface area contributed by atoms with Crippen molar-refractivity contribution in [3.05, 3.63) is 148 Å². The van der Waals surface area contributed by atoms with Crippen LogP contribution in [0.3, 0.4) is 0 Å². The van der Waals surface area contributed by atoms with Crippen molar-refractivity contribution >= 4 is 34.5 Å². The minimum Gasteiger partial charge on any atom is -0.241 e. The van der Waals surface area contributed by atoms with Gasteiger partial charge in [-0.05, 0) is 35.6 Å². The number of aromatic nitrogens is 1. The molecule has 1 aromatic heterocycles. The number of hydrogen-bond acceptors (Lipinski definition) is 0. The van der Waals surface area contributed by atoms with E-state index >= 15 is 0 Å². The first kappa shape index (κ1) is 37.7. The summed E-state index contributed by atoms with van der Waals surface area (Å²) in [5, 5.41) is 0. The van der Waals surface area contributed by atoms with E-state index in [2.05, 4.69) is 113 Å². The summed E-state index contributed by atoms with van der Waals surface area (Å²) in [6.45, 7) is 20.3. The monoisotopic (exact) mass is 707 g/mol. The first-order chi connectivity index (χ1) is 23.4. The van der Waals surface area contributed by atoms with Crippen LogP contribution in [0.4, 0.5) is 5.69 Å². The molecule has 6 heterocycles. The largest absolute Gasteiger partial charge is 0.372 e. The van der Waals surface area contributed by atoms with Gasteiger partial charge in [0.2, 0.25) is 11.4 Å². The van der Waals surface area contributed by atoms with Gasteiger partial charge in [-0.1, -0.05) is 128 Å². The van der Waals surface area contributed by atoms with Crippen molar-refractivity contribution < 1.29 is 41.9 Å². The number of benzene rings is 4. The second-order valence-electron chi connectivity index (χ2n) is 11.1. The van der Waals surface area contributed by atoms with Gasteiger partial charge in [0, 0.05) is 44.3 Å². The molecule has 0 saturated heterocycles. The molecular weight excluding hydrogens is 656 g/mol. The maximum atomic E-state index is 3.86. The molecule has 0 fully saturated rings. The molecule has 0 saturated carbocycles. The second kappa shape index (κ2) is 16.1. The van der Waals surface area contributed by atoms with Crippen LogP contribution < -0.4 is 21.0 Å². The van der Waals surface area contributed by atoms with Gasteiger partial charge in [-0.15, -0.1) is 22.2 Å². The molecule has 5 aliphatic rings. The Morgan fingerprint density at radius 3 is 1.88 bits per heavy atom. The summed E-state index contributed by atoms with van der Waals surface area (Å²) in [5.74, 6) is 0. The Hall–Kier alpha value is -3.13. The van der Waals surface area contributed by atoms with E-state index in [9.17, 15) is 0 Å². The van der Waals surface area contributed by atoms with Crippen LogP contribution in [0.2, 0.25) is 0 Å². The van der Waals surface area contributed by atoms with Gasteiger partial charge in [0.15, 0.2) is 6.71 Å². The molecule has 1 radical (unpaired) electrons. The molecule has 0 aliphatic carbocycles. The molecular formula is C44H51BN2Y. The zero-order valence-corrected chi connectivity index (χ0v) is 33.7. The summed E-state index contributed by atoms with van der Waals surface area (Å²) >= 11 is 0. The van der Waals surface area contributed by atoms with Crippen molar-refractivity contribution in [3.63, 3.8) is 0 Å². The van der Waals surface area contributed by atoms with Crippen LogP contribution >= 0.6 is 0 Å². The van der Waals surface area contributed by atoms with Crippen molar-refractivity contribution in [2.24, 2.45) is 0 Å². The quantitative estimate of drug-likeness (QED) is 0.0935. The van der Waals surface area contributed by atoms with Crippen LogP contribution in [0.5, 0.6) is 0 Å². The summed E-state index contributed by atoms with van der Waals surface area (Å²) in [4.78, 5) is 0. The van der Waals surface area contributed by atoms with Crippen molar-refractivity contribution in [2.45, 2.75) is 94.2 Å². The Bertz CT molecular complexity index is 1910. The van der Waals surface area contributed by atoms with Crippen molar-refractivity contribution in [1.82, 2.24) is 0 Å². The Labute approximate surface area is 316 Å². The van der Waals surface area contributed by atoms with E-state index in [0.29, 0.717) is 0 Å². The van der Waals surface area contributed by atoms with Crippen molar-refractivity contribution in [3.8, 4) is 0 Å². The third kappa shape index (κ3) is 5.14. The molecule has 0 N–H and O–H groups in total. The van der Waals surface area contributed by atoms with Crippen LogP contribution in [0.25, 0.3) is 0 Å². The Morgan fingerprint density at radius 1 is 0.583 bits per heavy atom. The fraction of sp³-hybridized carbons (Fsp3) is 0.318. The van der Waals surface area contributed by atoms with Crippen LogP contribution in [0.1, 0.15) is 114 Å². The zero-order valence-electron chi connectivity index (χ0n) is 30.8. The smallest absolute Gasteiger partial charge is 0.241 e. The molecule has 5 aliphatic heterocycles. The molecule has 4 aromatic carbocycles. The van der Waals surface area contributed by atoms with Gasteiger partial charge in [-0.25, -0.2) is 4.57 Å². The number of rotatable bonds is 1. The van der Waals surface area contributed by atoms with E-state index in [1.54, 1.807) is 5.46 Å². The maximum Gasteiger partial charge on any atom is 0.372 e. The van der Waals surface area contributed by atoms with Gasteiger partial charge in [0.25, 0.3) is 0 Å². The minimum atomic E-state index is -0.532. The second-order valence-corrected chi connectivity index (χ2v) is 11.1. The van der Waals surface area contributed by atoms with E-state index in [1.165, 1.54) is 66.8 Å². The Morgan fingerprint density at radius 2 is 1.21 bits per heavy atom. The summed E-state index contributed by atoms with van der Waals surface area (Å²) < 4.78 is 4.99. The molecule has 4 heteroatoms. The SMILES string of the molecule is CC.CC.CC.CC.CC.[Y].[c-]1ccc2c3c1C1([n+]4[c-]cccc4)c4c(ccc5c4B3c3c(cccc3C5)C2)C2=[N+]1c1ccccc1C2. The number of para-hydroxylation sites is 1. The topological polar surface area (TPSA) is 6.89 Å². The predicted molar refractivity (Wildman–Crippen MR) is 201 cm³/mol. The van der Waals surface area contributed by atoms with E-state index in [1.807, 2.05) is 69.2 Å². The molecule has 0 spiro atoms. The van der Waals surface area contributed by atoms with Gasteiger partial charge >= 0.3 is 5.66 Å². The molecule has 48 heavy (non-hydrogen) atoms. The molecule has 243 valence electrons. The molecule has 0 bridgehead atoms. The molecule has 1 atom stereocenters. The third-order valence-corrected chi connectivity index (χ3v) is 9.57. The van der Waals surface area contributed by atoms with Crippen LogP contribution in [-0.4, -0.2) is 17.0 Å². The molecule has 10 rings (SSSR count). The molecule has 0 amide bonds. The van der Waals surface area contributed by atoms with Crippen molar-refractivity contribution in [1.29, 1.82) is 0 Å². The van der Waals surface area contributed by atoms with Crippen LogP contribution in [-0.2, 0) is 57.6 Å². The number of nitrogens with zero attached hydrogens (tertiary/aromatic N) is 2. The number of fused-ring (bicyclic) bond motifs is 5. The average molecular weight is 708 g/mol. The van der Waals surface area contributed by atoms with Crippen LogP contribution in [0.15, 0.2) is 91.1 Å². The average Bonchev–Trinajstić information content (AvgIpc) is 3.70. The van der Waals surface area contributed by atoms with Crippen LogP contribution in [0, 0.1) is 12.3 Å². The fourth-order valence-electron chi connectivity index (χ4n) is 8.40. The summed E-state index contributed by atoms with van der Waals surface area (Å²) in [6.07, 6.45) is 8.83. The summed E-state index contributed by atoms with van der Waals surface area (Å²) in [7, 11) is 0. The standard InChI is InChI=1S/C34H21BN2.5C2H6.Y/c1-4-16-36(17-5-1)34-27-12-7-11-24-18-22-9-6-10-23-19-25-14-15-26(30(34)33(25)35(31(22)23)32(24)27)29-20-21-8-2-3-13-28(21)37(29)34;5*1-2;/h1-11,13-16H,18-20H2;5*1-2H3;. The number of hydrogen-bond donors (Lipinski definition) is 0. The molecule has 5 aromatic rings. The first-order valence-electron chi connectivity index (χ1n) is 18.3. The Kier molecular flexibility index (Phi) is 12.6. The summed E-state index contributed by atoms with van der Waals surface area (Å²) in [5.41, 5.74) is 18.2. The van der Waals surface area contributed by atoms with E-state index in [4.69, 9.17) is 0 Å². The van der Waals surface area contributed by atoms with Gasteiger partial charge in [-0.3, -0.25) is 0 Å². The van der Waals surface area contributed by atoms with Gasteiger partial charge in [0.1, 0.15) is 11.8 Å². The normalized spacial score (nSPS) is 16.1. The zero-order chi connectivity index (χ0) is 33.9. The van der Waals surface area contributed by atoms with Gasteiger partial charge in [0.05, 0.1) is 18.2 Å².